The van der Waals surface area contributed by atoms with Crippen LogP contribution in [0, 0.1) is 0 Å². The first kappa shape index (κ1) is 18.2. The topological polar surface area (TPSA) is 30.2 Å². The number of aliphatic imine (C=N–C) groups is 1. The van der Waals surface area contributed by atoms with Crippen molar-refractivity contribution in [3.63, 3.8) is 0 Å². The molecule has 0 N–H and O–H groups in total. The highest BCUT2D eigenvalue weighted by Gasteiger charge is 2.27. The predicted molar refractivity (Wildman–Crippen MR) is 120 cm³/mol. The van der Waals surface area contributed by atoms with Gasteiger partial charge >= 0.3 is 0 Å². The summed E-state index contributed by atoms with van der Waals surface area (Å²) in [6.07, 6.45) is 2.80. The fourth-order valence-corrected chi connectivity index (χ4v) is 4.11. The molecular weight excluding hydrogens is 401 g/mol. The predicted octanol–water partition coefficient (Wildman–Crippen LogP) is 6.97. The maximum Gasteiger partial charge on any atom is 0.230 e. The molecule has 1 aromatic heterocycles. The van der Waals surface area contributed by atoms with Crippen molar-refractivity contribution in [1.82, 2.24) is 9.55 Å². The van der Waals surface area contributed by atoms with Crippen molar-refractivity contribution in [3.05, 3.63) is 106 Å². The fraction of sp³-hybridized carbons (Fsp3) is 0.0833. The smallest absolute Gasteiger partial charge is 0.230 e. The molecule has 0 fully saturated rings. The number of benzene rings is 3. The average Bonchev–Trinajstić information content (AvgIpc) is 3.19. The number of hydrogen-bond donors (Lipinski definition) is 0. The number of nitrogens with zero attached hydrogens (tertiary/aromatic N) is 3. The Hall–Kier alpha value is -2.88. The molecule has 0 saturated carbocycles. The van der Waals surface area contributed by atoms with E-state index in [-0.39, 0.29) is 6.04 Å². The Kier molecular flexibility index (Phi) is 4.70. The lowest BCUT2D eigenvalue weighted by Gasteiger charge is -2.26. The van der Waals surface area contributed by atoms with Crippen LogP contribution in [0.25, 0.3) is 11.3 Å². The first-order chi connectivity index (χ1) is 14.2. The molecule has 3 aromatic carbocycles. The largest absolute Gasteiger partial charge is 0.307 e. The van der Waals surface area contributed by atoms with Crippen molar-refractivity contribution >= 4 is 34.9 Å². The van der Waals surface area contributed by atoms with Gasteiger partial charge in [0, 0.05) is 28.2 Å². The van der Waals surface area contributed by atoms with Gasteiger partial charge in [-0.25, -0.2) is 9.98 Å². The molecule has 1 atom stereocenters. The number of hydrogen-bond acceptors (Lipinski definition) is 2. The van der Waals surface area contributed by atoms with Crippen molar-refractivity contribution in [3.8, 4) is 11.3 Å². The van der Waals surface area contributed by atoms with E-state index in [0.29, 0.717) is 11.0 Å². The highest BCUT2D eigenvalue weighted by Crippen LogP contribution is 2.38. The second-order valence-corrected chi connectivity index (χ2v) is 7.85. The van der Waals surface area contributed by atoms with Crippen LogP contribution in [0.5, 0.6) is 0 Å². The summed E-state index contributed by atoms with van der Waals surface area (Å²) in [6.45, 7) is 0. The van der Waals surface area contributed by atoms with Crippen LogP contribution in [0.1, 0.15) is 23.6 Å². The molecule has 0 saturated heterocycles. The number of fused-ring (bicyclic) bond motifs is 1. The standard InChI is InChI=1S/C24H17Cl2N3/c25-18-12-10-17(11-13-18)21-14-23(19-8-4-5-9-20(19)26)29-15-22(28-24(29)27-21)16-6-2-1-3-7-16/h1-13,15,23H,14H2/t23-/m1/s1. The van der Waals surface area contributed by atoms with Crippen LogP contribution in [0.15, 0.2) is 90.1 Å². The Morgan fingerprint density at radius 3 is 2.28 bits per heavy atom. The SMILES string of the molecule is Clc1ccc(C2=Nc3nc(-c4ccccc4)cn3[C@@H](c3ccccc3Cl)C2)cc1. The van der Waals surface area contributed by atoms with E-state index in [1.807, 2.05) is 60.7 Å². The molecule has 0 aliphatic carbocycles. The summed E-state index contributed by atoms with van der Waals surface area (Å²) >= 11 is 12.6. The van der Waals surface area contributed by atoms with Gasteiger partial charge in [0.05, 0.1) is 17.4 Å². The molecule has 29 heavy (non-hydrogen) atoms. The van der Waals surface area contributed by atoms with E-state index >= 15 is 0 Å². The van der Waals surface area contributed by atoms with Crippen LogP contribution < -0.4 is 0 Å². The summed E-state index contributed by atoms with van der Waals surface area (Å²) in [6, 6.07) is 25.9. The molecule has 1 aliphatic heterocycles. The molecule has 3 nitrogen and oxygen atoms in total. The Morgan fingerprint density at radius 1 is 0.793 bits per heavy atom. The summed E-state index contributed by atoms with van der Waals surface area (Å²) in [4.78, 5) is 9.71. The van der Waals surface area contributed by atoms with Crippen LogP contribution in [0.2, 0.25) is 10.0 Å². The lowest BCUT2D eigenvalue weighted by molar-refractivity contribution is 0.596. The van der Waals surface area contributed by atoms with E-state index in [0.717, 1.165) is 39.5 Å². The average molecular weight is 418 g/mol. The molecule has 4 aromatic rings. The van der Waals surface area contributed by atoms with Gasteiger partial charge in [0.1, 0.15) is 0 Å². The van der Waals surface area contributed by atoms with Gasteiger partial charge in [-0.05, 0) is 29.3 Å². The lowest BCUT2D eigenvalue weighted by atomic mass is 9.95. The van der Waals surface area contributed by atoms with E-state index < -0.39 is 0 Å². The minimum absolute atomic E-state index is 0.0202. The van der Waals surface area contributed by atoms with Gasteiger partial charge in [-0.3, -0.25) is 0 Å². The van der Waals surface area contributed by atoms with Gasteiger partial charge in [-0.2, -0.15) is 0 Å². The van der Waals surface area contributed by atoms with Crippen molar-refractivity contribution in [2.75, 3.05) is 0 Å². The maximum atomic E-state index is 6.57. The molecule has 0 unspecified atom stereocenters. The highest BCUT2D eigenvalue weighted by atomic mass is 35.5. The van der Waals surface area contributed by atoms with E-state index in [2.05, 4.69) is 29.0 Å². The zero-order valence-corrected chi connectivity index (χ0v) is 17.0. The fourth-order valence-electron chi connectivity index (χ4n) is 3.72. The third-order valence-electron chi connectivity index (χ3n) is 5.18. The monoisotopic (exact) mass is 417 g/mol. The zero-order chi connectivity index (χ0) is 19.8. The van der Waals surface area contributed by atoms with Crippen molar-refractivity contribution in [2.45, 2.75) is 12.5 Å². The Labute approximate surface area is 179 Å². The molecule has 2 heterocycles. The Bertz CT molecular complexity index is 1190. The van der Waals surface area contributed by atoms with E-state index in [1.165, 1.54) is 0 Å². The highest BCUT2D eigenvalue weighted by molar-refractivity contribution is 6.31. The second-order valence-electron chi connectivity index (χ2n) is 7.01. The molecule has 0 spiro atoms. The Balaban J connectivity index is 1.66. The molecule has 0 amide bonds. The van der Waals surface area contributed by atoms with Crippen molar-refractivity contribution < 1.29 is 0 Å². The number of rotatable bonds is 3. The number of aromatic nitrogens is 2. The third-order valence-corrected chi connectivity index (χ3v) is 5.78. The van der Waals surface area contributed by atoms with Gasteiger partial charge in [0.2, 0.25) is 5.95 Å². The van der Waals surface area contributed by atoms with E-state index in [9.17, 15) is 0 Å². The summed E-state index contributed by atoms with van der Waals surface area (Å²) in [5.74, 6) is 0.685. The Morgan fingerprint density at radius 2 is 1.52 bits per heavy atom. The van der Waals surface area contributed by atoms with Gasteiger partial charge in [0.25, 0.3) is 0 Å². The van der Waals surface area contributed by atoms with Gasteiger partial charge in [-0.1, -0.05) is 83.9 Å². The first-order valence-corrected chi connectivity index (χ1v) is 10.2. The second kappa shape index (κ2) is 7.51. The van der Waals surface area contributed by atoms with Crippen LogP contribution in [0.3, 0.4) is 0 Å². The minimum atomic E-state index is 0.0202. The zero-order valence-electron chi connectivity index (χ0n) is 15.5. The van der Waals surface area contributed by atoms with Crippen LogP contribution in [-0.2, 0) is 0 Å². The third kappa shape index (κ3) is 3.48. The summed E-state index contributed by atoms with van der Waals surface area (Å²) in [5, 5.41) is 1.46. The van der Waals surface area contributed by atoms with Crippen LogP contribution in [-0.4, -0.2) is 15.3 Å². The van der Waals surface area contributed by atoms with Crippen molar-refractivity contribution in [1.29, 1.82) is 0 Å². The van der Waals surface area contributed by atoms with Gasteiger partial charge in [0.15, 0.2) is 0 Å². The maximum absolute atomic E-state index is 6.57. The molecule has 0 bridgehead atoms. The first-order valence-electron chi connectivity index (χ1n) is 9.41. The van der Waals surface area contributed by atoms with E-state index in [1.54, 1.807) is 0 Å². The molecule has 0 radical (unpaired) electrons. The molecule has 5 heteroatoms. The number of halogens is 2. The molecular formula is C24H17Cl2N3. The summed E-state index contributed by atoms with van der Waals surface area (Å²) in [5.41, 5.74) is 5.05. The minimum Gasteiger partial charge on any atom is -0.307 e. The lowest BCUT2D eigenvalue weighted by Crippen LogP contribution is -2.20. The van der Waals surface area contributed by atoms with Crippen LogP contribution >= 0.6 is 23.2 Å². The van der Waals surface area contributed by atoms with Crippen molar-refractivity contribution in [2.24, 2.45) is 4.99 Å². The molecule has 142 valence electrons. The quantitative estimate of drug-likeness (QED) is 0.353. The normalized spacial score (nSPS) is 15.7. The molecule has 5 rings (SSSR count). The summed E-state index contributed by atoms with van der Waals surface area (Å²) < 4.78 is 2.13. The van der Waals surface area contributed by atoms with Gasteiger partial charge < -0.3 is 4.57 Å². The van der Waals surface area contributed by atoms with Crippen LogP contribution in [0.4, 0.5) is 5.95 Å². The number of imidazole rings is 1. The van der Waals surface area contributed by atoms with Gasteiger partial charge in [-0.15, -0.1) is 0 Å². The summed E-state index contributed by atoms with van der Waals surface area (Å²) in [7, 11) is 0. The van der Waals surface area contributed by atoms with E-state index in [4.69, 9.17) is 33.2 Å². The molecule has 1 aliphatic rings.